The van der Waals surface area contributed by atoms with E-state index >= 15 is 0 Å². The van der Waals surface area contributed by atoms with Gasteiger partial charge in [-0.2, -0.15) is 0 Å². The number of carboxylic acid groups (broad SMARTS) is 1. The van der Waals surface area contributed by atoms with Crippen molar-refractivity contribution in [2.75, 3.05) is 5.73 Å². The van der Waals surface area contributed by atoms with E-state index in [4.69, 9.17) is 10.8 Å². The third kappa shape index (κ3) is 3.53. The Morgan fingerprint density at radius 1 is 1.00 bits per heavy atom. The Bertz CT molecular complexity index is 573. The van der Waals surface area contributed by atoms with Crippen molar-refractivity contribution in [1.29, 1.82) is 0 Å². The van der Waals surface area contributed by atoms with Gasteiger partial charge in [-0.25, -0.2) is 18.0 Å². The van der Waals surface area contributed by atoms with E-state index in [9.17, 15) is 22.8 Å². The molecule has 0 aliphatic carbocycles. The molecule has 0 heterocycles. The Hall–Kier alpha value is -2.05. The molecule has 1 rings (SSSR count). The number of Topliss-reactive ketones (excluding diaryl/α,β-unsaturated/α-hetero) is 1. The molecule has 0 atom stereocenters. The van der Waals surface area contributed by atoms with Gasteiger partial charge >= 0.3 is 5.97 Å². The van der Waals surface area contributed by atoms with Crippen LogP contribution in [0.5, 0.6) is 0 Å². The fraction of sp³-hybridized carbons (Fsp3) is 0.429. The summed E-state index contributed by atoms with van der Waals surface area (Å²) in [6.45, 7) is 1.96. The van der Waals surface area contributed by atoms with E-state index in [2.05, 4.69) is 0 Å². The summed E-state index contributed by atoms with van der Waals surface area (Å²) in [6, 6.07) is 0. The maximum atomic E-state index is 13.9. The first kappa shape index (κ1) is 17.0. The van der Waals surface area contributed by atoms with Crippen molar-refractivity contribution in [3.8, 4) is 0 Å². The summed E-state index contributed by atoms with van der Waals surface area (Å²) < 4.78 is 40.8. The van der Waals surface area contributed by atoms with Gasteiger partial charge in [0.25, 0.3) is 0 Å². The lowest BCUT2D eigenvalue weighted by Crippen LogP contribution is -2.17. The second-order valence-corrected chi connectivity index (χ2v) is 4.64. The highest BCUT2D eigenvalue weighted by Crippen LogP contribution is 2.28. The molecule has 116 valence electrons. The van der Waals surface area contributed by atoms with Crippen LogP contribution in [0.3, 0.4) is 0 Å². The third-order valence-corrected chi connectivity index (χ3v) is 3.10. The number of benzene rings is 1. The molecular formula is C14H16F3NO3. The zero-order valence-corrected chi connectivity index (χ0v) is 11.5. The third-order valence-electron chi connectivity index (χ3n) is 3.10. The second-order valence-electron chi connectivity index (χ2n) is 4.64. The van der Waals surface area contributed by atoms with Crippen LogP contribution in [0, 0.1) is 17.5 Å². The van der Waals surface area contributed by atoms with Crippen LogP contribution in [-0.2, 0) is 0 Å². The van der Waals surface area contributed by atoms with E-state index in [1.807, 2.05) is 6.92 Å². The van der Waals surface area contributed by atoms with Crippen molar-refractivity contribution < 1.29 is 27.9 Å². The number of carbonyl (C=O) groups is 2. The van der Waals surface area contributed by atoms with Gasteiger partial charge in [0.05, 0.1) is 5.56 Å². The number of hydrogen-bond acceptors (Lipinski definition) is 3. The number of carbonyl (C=O) groups excluding carboxylic acids is 1. The molecule has 0 saturated carbocycles. The molecule has 4 nitrogen and oxygen atoms in total. The standard InChI is InChI=1S/C14H16F3NO3/c1-2-3-4-5-6-7(19)8-9(14(20)21)10(15)12(17)13(18)11(8)16/h2-6,18H2,1H3,(H,20,21). The molecule has 0 aromatic heterocycles. The zero-order chi connectivity index (χ0) is 16.2. The summed E-state index contributed by atoms with van der Waals surface area (Å²) >= 11 is 0. The average molecular weight is 303 g/mol. The molecule has 0 radical (unpaired) electrons. The van der Waals surface area contributed by atoms with Gasteiger partial charge in [-0.15, -0.1) is 0 Å². The van der Waals surface area contributed by atoms with Gasteiger partial charge < -0.3 is 10.8 Å². The Labute approximate surface area is 119 Å². The number of carboxylic acids is 1. The molecule has 0 aliphatic heterocycles. The van der Waals surface area contributed by atoms with Gasteiger partial charge in [0, 0.05) is 6.42 Å². The summed E-state index contributed by atoms with van der Waals surface area (Å²) in [5.74, 6) is -7.95. The minimum atomic E-state index is -1.91. The molecule has 0 spiro atoms. The summed E-state index contributed by atoms with van der Waals surface area (Å²) in [7, 11) is 0. The van der Waals surface area contributed by atoms with E-state index in [1.54, 1.807) is 0 Å². The SMILES string of the molecule is CCCCCCC(=O)c1c(F)c(N)c(F)c(F)c1C(=O)O. The van der Waals surface area contributed by atoms with Crippen molar-refractivity contribution in [3.05, 3.63) is 28.6 Å². The number of nitrogen functional groups attached to an aromatic ring is 1. The van der Waals surface area contributed by atoms with Crippen LogP contribution in [0.25, 0.3) is 0 Å². The van der Waals surface area contributed by atoms with Gasteiger partial charge in [0.15, 0.2) is 23.2 Å². The van der Waals surface area contributed by atoms with Crippen molar-refractivity contribution in [2.24, 2.45) is 0 Å². The summed E-state index contributed by atoms with van der Waals surface area (Å²) in [6.07, 6.45) is 2.74. The largest absolute Gasteiger partial charge is 0.478 e. The first-order valence-corrected chi connectivity index (χ1v) is 6.55. The fourth-order valence-electron chi connectivity index (χ4n) is 1.98. The maximum absolute atomic E-state index is 13.9. The lowest BCUT2D eigenvalue weighted by atomic mass is 9.97. The predicted molar refractivity (Wildman–Crippen MR) is 70.8 cm³/mol. The first-order chi connectivity index (χ1) is 9.82. The molecule has 0 unspecified atom stereocenters. The van der Waals surface area contributed by atoms with Gasteiger partial charge in [-0.1, -0.05) is 26.2 Å². The fourth-order valence-corrected chi connectivity index (χ4v) is 1.98. The number of rotatable bonds is 7. The molecule has 1 aromatic rings. The van der Waals surface area contributed by atoms with Crippen LogP contribution in [0.1, 0.15) is 59.7 Å². The number of hydrogen-bond donors (Lipinski definition) is 2. The molecule has 0 fully saturated rings. The number of unbranched alkanes of at least 4 members (excludes halogenated alkanes) is 3. The Morgan fingerprint density at radius 2 is 1.62 bits per heavy atom. The van der Waals surface area contributed by atoms with Crippen LogP contribution in [0.4, 0.5) is 18.9 Å². The van der Waals surface area contributed by atoms with Crippen LogP contribution < -0.4 is 5.73 Å². The minimum Gasteiger partial charge on any atom is -0.478 e. The maximum Gasteiger partial charge on any atom is 0.339 e. The molecule has 0 bridgehead atoms. The predicted octanol–water partition coefficient (Wildman–Crippen LogP) is 3.54. The van der Waals surface area contributed by atoms with Crippen molar-refractivity contribution in [1.82, 2.24) is 0 Å². The van der Waals surface area contributed by atoms with Crippen LogP contribution >= 0.6 is 0 Å². The molecule has 21 heavy (non-hydrogen) atoms. The van der Waals surface area contributed by atoms with E-state index in [1.165, 1.54) is 0 Å². The molecule has 0 aliphatic rings. The van der Waals surface area contributed by atoms with Gasteiger partial charge in [-0.3, -0.25) is 4.79 Å². The molecular weight excluding hydrogens is 287 g/mol. The van der Waals surface area contributed by atoms with Gasteiger partial charge in [0.1, 0.15) is 11.3 Å². The zero-order valence-electron chi connectivity index (χ0n) is 11.5. The van der Waals surface area contributed by atoms with E-state index < -0.39 is 46.0 Å². The lowest BCUT2D eigenvalue weighted by Gasteiger charge is -2.11. The molecule has 0 amide bonds. The average Bonchev–Trinajstić information content (AvgIpc) is 2.44. The smallest absolute Gasteiger partial charge is 0.339 e. The minimum absolute atomic E-state index is 0.151. The monoisotopic (exact) mass is 303 g/mol. The van der Waals surface area contributed by atoms with Gasteiger partial charge in [0.2, 0.25) is 0 Å². The second kappa shape index (κ2) is 7.10. The number of halogens is 3. The number of aromatic carboxylic acids is 1. The number of anilines is 1. The van der Waals surface area contributed by atoms with E-state index in [0.29, 0.717) is 12.8 Å². The first-order valence-electron chi connectivity index (χ1n) is 6.55. The Kier molecular flexibility index (Phi) is 5.75. The summed E-state index contributed by atoms with van der Waals surface area (Å²) in [5.41, 5.74) is 1.55. The molecule has 3 N–H and O–H groups in total. The van der Waals surface area contributed by atoms with Crippen LogP contribution in [0.15, 0.2) is 0 Å². The molecule has 0 saturated heterocycles. The Morgan fingerprint density at radius 3 is 2.14 bits per heavy atom. The van der Waals surface area contributed by atoms with Crippen molar-refractivity contribution in [2.45, 2.75) is 39.0 Å². The van der Waals surface area contributed by atoms with E-state index in [-0.39, 0.29) is 6.42 Å². The van der Waals surface area contributed by atoms with Crippen LogP contribution in [0.2, 0.25) is 0 Å². The van der Waals surface area contributed by atoms with Crippen molar-refractivity contribution in [3.63, 3.8) is 0 Å². The highest BCUT2D eigenvalue weighted by Gasteiger charge is 2.30. The highest BCUT2D eigenvalue weighted by molar-refractivity contribution is 6.07. The molecule has 7 heteroatoms. The number of nitrogens with two attached hydrogens (primary N) is 1. The summed E-state index contributed by atoms with van der Waals surface area (Å²) in [5, 5.41) is 8.88. The van der Waals surface area contributed by atoms with Gasteiger partial charge in [-0.05, 0) is 6.42 Å². The van der Waals surface area contributed by atoms with E-state index in [0.717, 1.165) is 12.8 Å². The highest BCUT2D eigenvalue weighted by atomic mass is 19.2. The normalized spacial score (nSPS) is 10.7. The van der Waals surface area contributed by atoms with Crippen molar-refractivity contribution >= 4 is 17.4 Å². The van der Waals surface area contributed by atoms with Crippen LogP contribution in [-0.4, -0.2) is 16.9 Å². The Balaban J connectivity index is 3.21. The molecule has 1 aromatic carbocycles. The number of ketones is 1. The summed E-state index contributed by atoms with van der Waals surface area (Å²) in [4.78, 5) is 22.9. The topological polar surface area (TPSA) is 80.4 Å². The quantitative estimate of drug-likeness (QED) is 0.349. The lowest BCUT2D eigenvalue weighted by molar-refractivity contribution is 0.0684.